The Labute approximate surface area is 163 Å². The number of nitrogens with zero attached hydrogens (tertiary/aromatic N) is 1. The Morgan fingerprint density at radius 3 is 1.96 bits per heavy atom. The number of carbonyl (C=O) groups excluding carboxylic acids is 1. The summed E-state index contributed by atoms with van der Waals surface area (Å²) in [7, 11) is -0.0587. The molecule has 1 aromatic carbocycles. The minimum atomic E-state index is -1.66. The van der Waals surface area contributed by atoms with E-state index >= 15 is 0 Å². The van der Waals surface area contributed by atoms with E-state index in [0.717, 1.165) is 5.56 Å². The molecule has 6 heteroatoms. The molecule has 27 heavy (non-hydrogen) atoms. The molecule has 0 spiro atoms. The summed E-state index contributed by atoms with van der Waals surface area (Å²) in [6.07, 6.45) is -0.530. The van der Waals surface area contributed by atoms with Gasteiger partial charge in [0.25, 0.3) is 0 Å². The van der Waals surface area contributed by atoms with Gasteiger partial charge in [-0.3, -0.25) is 4.90 Å². The van der Waals surface area contributed by atoms with Crippen LogP contribution in [0.5, 0.6) is 0 Å². The fourth-order valence-corrected chi connectivity index (χ4v) is 3.39. The lowest BCUT2D eigenvalue weighted by Crippen LogP contribution is -2.35. The number of hydrogen-bond donors (Lipinski definition) is 1. The van der Waals surface area contributed by atoms with E-state index in [0.29, 0.717) is 22.4 Å². The van der Waals surface area contributed by atoms with Crippen molar-refractivity contribution in [1.82, 2.24) is 0 Å². The molecule has 0 heterocycles. The number of aromatic carboxylic acids is 1. The van der Waals surface area contributed by atoms with Crippen molar-refractivity contribution in [2.45, 2.75) is 66.8 Å². The van der Waals surface area contributed by atoms with Gasteiger partial charge in [0.05, 0.1) is 11.3 Å². The predicted molar refractivity (Wildman–Crippen MR) is 112 cm³/mol. The van der Waals surface area contributed by atoms with Crippen LogP contribution < -0.4 is 4.90 Å². The first kappa shape index (κ1) is 22.8. The number of ether oxygens (including phenoxy) is 1. The van der Waals surface area contributed by atoms with Gasteiger partial charge in [0.1, 0.15) is 13.7 Å². The fraction of sp³-hybridized carbons (Fsp3) is 0.524. The average molecular weight is 390 g/mol. The Hall–Kier alpha value is -2.26. The number of amides is 1. The van der Waals surface area contributed by atoms with Gasteiger partial charge in [-0.05, 0) is 58.2 Å². The Bertz CT molecular complexity index is 833. The maximum Gasteiger partial charge on any atom is 0.414 e. The van der Waals surface area contributed by atoms with Gasteiger partial charge in [-0.25, -0.2) is 9.59 Å². The molecule has 1 amide bonds. The van der Waals surface area contributed by atoms with Crippen LogP contribution in [0.4, 0.5) is 10.5 Å². The molecular weight excluding hydrogens is 358 g/mol. The maximum atomic E-state index is 12.6. The van der Waals surface area contributed by atoms with Crippen molar-refractivity contribution in [3.63, 3.8) is 0 Å². The van der Waals surface area contributed by atoms with E-state index in [2.05, 4.69) is 31.1 Å². The Morgan fingerprint density at radius 1 is 1.04 bits per heavy atom. The van der Waals surface area contributed by atoms with Crippen LogP contribution in [0.2, 0.25) is 19.6 Å². The molecule has 5 nitrogen and oxygen atoms in total. The highest BCUT2D eigenvalue weighted by Gasteiger charge is 2.27. The van der Waals surface area contributed by atoms with E-state index in [9.17, 15) is 14.7 Å². The van der Waals surface area contributed by atoms with E-state index in [1.807, 2.05) is 6.92 Å². The third-order valence-corrected chi connectivity index (χ3v) is 4.86. The van der Waals surface area contributed by atoms with Crippen LogP contribution in [0.3, 0.4) is 0 Å². The second kappa shape index (κ2) is 7.77. The molecule has 0 aromatic heterocycles. The van der Waals surface area contributed by atoms with E-state index < -0.39 is 25.7 Å². The number of carboxylic acid groups (broad SMARTS) is 1. The summed E-state index contributed by atoms with van der Waals surface area (Å²) in [6.45, 7) is 17.1. The molecule has 0 radical (unpaired) electrons. The first-order valence-corrected chi connectivity index (χ1v) is 12.4. The van der Waals surface area contributed by atoms with E-state index in [4.69, 9.17) is 4.74 Å². The van der Waals surface area contributed by atoms with Crippen molar-refractivity contribution in [3.8, 4) is 11.5 Å². The van der Waals surface area contributed by atoms with Crippen molar-refractivity contribution in [1.29, 1.82) is 0 Å². The van der Waals surface area contributed by atoms with E-state index in [-0.39, 0.29) is 5.56 Å². The first-order valence-electron chi connectivity index (χ1n) is 8.93. The smallest absolute Gasteiger partial charge is 0.414 e. The lowest BCUT2D eigenvalue weighted by Gasteiger charge is -2.28. The first-order chi connectivity index (χ1) is 12.1. The van der Waals surface area contributed by atoms with Gasteiger partial charge in [0, 0.05) is 12.6 Å². The molecule has 1 rings (SSSR count). The van der Waals surface area contributed by atoms with Crippen molar-refractivity contribution in [3.05, 3.63) is 27.8 Å². The molecule has 0 aliphatic rings. The molecule has 0 fully saturated rings. The largest absolute Gasteiger partial charge is 0.478 e. The van der Waals surface area contributed by atoms with Crippen LogP contribution >= 0.6 is 0 Å². The molecule has 1 aromatic rings. The van der Waals surface area contributed by atoms with Crippen LogP contribution in [0.1, 0.15) is 53.4 Å². The van der Waals surface area contributed by atoms with Crippen LogP contribution in [-0.2, 0) is 4.74 Å². The zero-order valence-electron chi connectivity index (χ0n) is 18.1. The van der Waals surface area contributed by atoms with Crippen molar-refractivity contribution >= 4 is 25.8 Å². The summed E-state index contributed by atoms with van der Waals surface area (Å²) >= 11 is 0. The van der Waals surface area contributed by atoms with E-state index in [1.165, 1.54) is 4.90 Å². The van der Waals surface area contributed by atoms with Gasteiger partial charge >= 0.3 is 12.1 Å². The van der Waals surface area contributed by atoms with Gasteiger partial charge in [-0.2, -0.15) is 0 Å². The fourth-order valence-electron chi connectivity index (χ4n) is 2.89. The standard InChI is InChI=1S/C21H31NO4Si/c1-13-16(11-12-27(8,9)10)14(2)18(15(3)17(13)19(23)24)22(7)20(25)26-21(4,5)6/h1-10H3,(H,23,24). The number of anilines is 1. The van der Waals surface area contributed by atoms with Crippen LogP contribution in [-0.4, -0.2) is 37.9 Å². The van der Waals surface area contributed by atoms with E-state index in [1.54, 1.807) is 41.7 Å². The highest BCUT2D eigenvalue weighted by atomic mass is 28.3. The van der Waals surface area contributed by atoms with Crippen LogP contribution in [0.25, 0.3) is 0 Å². The Kier molecular flexibility index (Phi) is 6.56. The minimum Gasteiger partial charge on any atom is -0.478 e. The lowest BCUT2D eigenvalue weighted by molar-refractivity contribution is 0.0586. The van der Waals surface area contributed by atoms with Crippen molar-refractivity contribution in [2.75, 3.05) is 11.9 Å². The third kappa shape index (κ3) is 5.60. The second-order valence-electron chi connectivity index (χ2n) is 8.82. The van der Waals surface area contributed by atoms with Crippen LogP contribution in [0, 0.1) is 32.2 Å². The van der Waals surface area contributed by atoms with Crippen LogP contribution in [0.15, 0.2) is 0 Å². The summed E-state index contributed by atoms with van der Waals surface area (Å²) in [4.78, 5) is 25.9. The number of carboxylic acids is 1. The van der Waals surface area contributed by atoms with Gasteiger partial charge in [-0.15, -0.1) is 5.54 Å². The zero-order valence-corrected chi connectivity index (χ0v) is 19.1. The summed E-state index contributed by atoms with van der Waals surface area (Å²) < 4.78 is 5.46. The predicted octanol–water partition coefficient (Wildman–Crippen LogP) is 4.91. The van der Waals surface area contributed by atoms with Crippen molar-refractivity contribution < 1.29 is 19.4 Å². The monoisotopic (exact) mass is 389 g/mol. The van der Waals surface area contributed by atoms with Gasteiger partial charge < -0.3 is 9.84 Å². The second-order valence-corrected chi connectivity index (χ2v) is 13.6. The number of rotatable bonds is 2. The number of carbonyl (C=O) groups is 2. The molecule has 1 N–H and O–H groups in total. The Balaban J connectivity index is 3.74. The highest BCUT2D eigenvalue weighted by Crippen LogP contribution is 2.34. The summed E-state index contributed by atoms with van der Waals surface area (Å²) in [5.41, 5.74) is 6.00. The molecule has 0 unspecified atom stereocenters. The zero-order chi connectivity index (χ0) is 21.3. The minimum absolute atomic E-state index is 0.186. The molecule has 0 aliphatic carbocycles. The van der Waals surface area contributed by atoms with Crippen molar-refractivity contribution in [2.24, 2.45) is 0 Å². The maximum absolute atomic E-state index is 12.6. The molecule has 0 atom stereocenters. The lowest BCUT2D eigenvalue weighted by atomic mass is 9.91. The third-order valence-electron chi connectivity index (χ3n) is 3.99. The molecular formula is C21H31NO4Si. The quantitative estimate of drug-likeness (QED) is 0.576. The molecule has 148 valence electrons. The van der Waals surface area contributed by atoms with Gasteiger partial charge in [0.15, 0.2) is 0 Å². The summed E-state index contributed by atoms with van der Waals surface area (Å²) in [5.74, 6) is 2.17. The molecule has 0 aliphatic heterocycles. The molecule has 0 bridgehead atoms. The number of hydrogen-bond acceptors (Lipinski definition) is 3. The summed E-state index contributed by atoms with van der Waals surface area (Å²) in [5, 5.41) is 9.75. The van der Waals surface area contributed by atoms with Gasteiger partial charge in [-0.1, -0.05) is 25.6 Å². The topological polar surface area (TPSA) is 66.8 Å². The Morgan fingerprint density at radius 2 is 1.56 bits per heavy atom. The highest BCUT2D eigenvalue weighted by molar-refractivity contribution is 6.83. The summed E-state index contributed by atoms with van der Waals surface area (Å²) in [6, 6.07) is 0. The number of benzene rings is 1. The van der Waals surface area contributed by atoms with Gasteiger partial charge in [0.2, 0.25) is 0 Å². The SMILES string of the molecule is Cc1c(C#C[Si](C)(C)C)c(C)c(N(C)C(=O)OC(C)(C)C)c(C)c1C(=O)O. The molecule has 0 saturated carbocycles. The molecule has 0 saturated heterocycles. The average Bonchev–Trinajstić information content (AvgIpc) is 2.43. The normalized spacial score (nSPS) is 11.5.